The van der Waals surface area contributed by atoms with Crippen molar-refractivity contribution >= 4 is 5.91 Å². The Balaban J connectivity index is 1.79. The van der Waals surface area contributed by atoms with Gasteiger partial charge in [-0.05, 0) is 55.8 Å². The van der Waals surface area contributed by atoms with E-state index in [-0.39, 0.29) is 5.91 Å². The first-order chi connectivity index (χ1) is 11.7. The van der Waals surface area contributed by atoms with E-state index < -0.39 is 5.54 Å². The van der Waals surface area contributed by atoms with E-state index in [4.69, 9.17) is 0 Å². The minimum absolute atomic E-state index is 0.136. The Hall–Kier alpha value is -2.13. The number of carbonyl (C=O) groups is 1. The molecule has 1 amide bonds. The Morgan fingerprint density at radius 2 is 1.75 bits per heavy atom. The van der Waals surface area contributed by atoms with E-state index in [0.29, 0.717) is 6.54 Å². The van der Waals surface area contributed by atoms with Gasteiger partial charge < -0.3 is 10.6 Å². The van der Waals surface area contributed by atoms with E-state index in [1.165, 1.54) is 16.7 Å². The molecule has 2 aromatic rings. The van der Waals surface area contributed by atoms with Crippen molar-refractivity contribution in [2.75, 3.05) is 13.1 Å². The van der Waals surface area contributed by atoms with E-state index in [0.717, 1.165) is 32.2 Å². The summed E-state index contributed by atoms with van der Waals surface area (Å²) in [7, 11) is 0. The topological polar surface area (TPSA) is 41.1 Å². The number of benzene rings is 2. The summed E-state index contributed by atoms with van der Waals surface area (Å²) in [6.45, 7) is 3.57. The van der Waals surface area contributed by atoms with Gasteiger partial charge in [-0.3, -0.25) is 4.79 Å². The number of amides is 1. The normalized spacial score (nSPS) is 20.5. The summed E-state index contributed by atoms with van der Waals surface area (Å²) in [5.74, 6) is 0.136. The van der Waals surface area contributed by atoms with Crippen molar-refractivity contribution in [3.05, 3.63) is 60.2 Å². The van der Waals surface area contributed by atoms with Crippen LogP contribution < -0.4 is 10.6 Å². The number of likely N-dealkylation sites (N-methyl/N-ethyl adjacent to an activating group) is 1. The van der Waals surface area contributed by atoms with Crippen LogP contribution in [0, 0.1) is 0 Å². The molecule has 0 bridgehead atoms. The minimum atomic E-state index is -0.456. The van der Waals surface area contributed by atoms with Gasteiger partial charge in [-0.2, -0.15) is 0 Å². The van der Waals surface area contributed by atoms with E-state index in [2.05, 4.69) is 59.2 Å². The van der Waals surface area contributed by atoms with Crippen molar-refractivity contribution in [2.45, 2.75) is 38.1 Å². The lowest BCUT2D eigenvalue weighted by atomic mass is 9.82. The fourth-order valence-electron chi connectivity index (χ4n) is 3.52. The summed E-state index contributed by atoms with van der Waals surface area (Å²) >= 11 is 0. The largest absolute Gasteiger partial charge is 0.355 e. The van der Waals surface area contributed by atoms with E-state index in [1.54, 1.807) is 0 Å². The van der Waals surface area contributed by atoms with E-state index in [9.17, 15) is 4.79 Å². The predicted octanol–water partition coefficient (Wildman–Crippen LogP) is 3.54. The molecule has 0 aliphatic carbocycles. The van der Waals surface area contributed by atoms with Gasteiger partial charge in [-0.15, -0.1) is 0 Å². The summed E-state index contributed by atoms with van der Waals surface area (Å²) in [6, 6.07) is 19.0. The van der Waals surface area contributed by atoms with Crippen molar-refractivity contribution in [3.63, 3.8) is 0 Å². The second-order valence-corrected chi connectivity index (χ2v) is 6.57. The second-order valence-electron chi connectivity index (χ2n) is 6.57. The smallest absolute Gasteiger partial charge is 0.240 e. The molecule has 0 aromatic heterocycles. The molecule has 3 rings (SSSR count). The Kier molecular flexibility index (Phi) is 5.31. The van der Waals surface area contributed by atoms with Crippen molar-refractivity contribution in [1.82, 2.24) is 10.6 Å². The van der Waals surface area contributed by atoms with Crippen molar-refractivity contribution in [3.8, 4) is 11.1 Å². The van der Waals surface area contributed by atoms with Crippen LogP contribution in [-0.4, -0.2) is 24.5 Å². The van der Waals surface area contributed by atoms with Gasteiger partial charge in [0.05, 0.1) is 0 Å². The molecule has 0 spiro atoms. The molecule has 1 aliphatic rings. The second kappa shape index (κ2) is 7.63. The highest BCUT2D eigenvalue weighted by Crippen LogP contribution is 2.26. The Labute approximate surface area is 144 Å². The van der Waals surface area contributed by atoms with Crippen LogP contribution in [0.2, 0.25) is 0 Å². The molecule has 1 unspecified atom stereocenters. The van der Waals surface area contributed by atoms with Crippen LogP contribution in [0.1, 0.15) is 31.7 Å². The first kappa shape index (κ1) is 16.7. The van der Waals surface area contributed by atoms with Gasteiger partial charge in [-0.25, -0.2) is 0 Å². The van der Waals surface area contributed by atoms with Gasteiger partial charge in [0.2, 0.25) is 5.91 Å². The third-order valence-electron chi connectivity index (χ3n) is 4.83. The van der Waals surface area contributed by atoms with Crippen LogP contribution in [-0.2, 0) is 11.2 Å². The summed E-state index contributed by atoms with van der Waals surface area (Å²) in [5, 5.41) is 6.51. The van der Waals surface area contributed by atoms with Crippen LogP contribution in [0.15, 0.2) is 54.6 Å². The first-order valence-electron chi connectivity index (χ1n) is 8.91. The van der Waals surface area contributed by atoms with Gasteiger partial charge in [0.25, 0.3) is 0 Å². The van der Waals surface area contributed by atoms with Gasteiger partial charge >= 0.3 is 0 Å². The summed E-state index contributed by atoms with van der Waals surface area (Å²) < 4.78 is 0. The molecular formula is C21H26N2O. The number of hydrogen-bond acceptors (Lipinski definition) is 2. The molecule has 1 atom stereocenters. The first-order valence-corrected chi connectivity index (χ1v) is 8.91. The monoisotopic (exact) mass is 322 g/mol. The van der Waals surface area contributed by atoms with Crippen LogP contribution in [0.4, 0.5) is 0 Å². The van der Waals surface area contributed by atoms with Crippen molar-refractivity contribution in [2.24, 2.45) is 0 Å². The molecule has 0 radical (unpaired) electrons. The number of nitrogens with one attached hydrogen (secondary N) is 2. The summed E-state index contributed by atoms with van der Waals surface area (Å²) in [5.41, 5.74) is 3.18. The molecule has 1 aliphatic heterocycles. The molecule has 3 heteroatoms. The SMILES string of the molecule is CCNC(=O)C1(Cc2ccc(-c3ccccc3)cc2)CCCCN1. The Morgan fingerprint density at radius 1 is 1.04 bits per heavy atom. The zero-order valence-corrected chi connectivity index (χ0v) is 14.3. The standard InChI is InChI=1S/C21H26N2O/c1-2-22-20(24)21(14-6-7-15-23-21)16-17-10-12-19(13-11-17)18-8-4-3-5-9-18/h3-5,8-13,23H,2,6-7,14-16H2,1H3,(H,22,24). The number of carbonyl (C=O) groups excluding carboxylic acids is 1. The maximum Gasteiger partial charge on any atom is 0.240 e. The van der Waals surface area contributed by atoms with Gasteiger partial charge in [0.15, 0.2) is 0 Å². The zero-order valence-electron chi connectivity index (χ0n) is 14.3. The Morgan fingerprint density at radius 3 is 2.38 bits per heavy atom. The number of rotatable bonds is 5. The van der Waals surface area contributed by atoms with Crippen molar-refractivity contribution < 1.29 is 4.79 Å². The Bertz CT molecular complexity index is 658. The predicted molar refractivity (Wildman–Crippen MR) is 98.9 cm³/mol. The summed E-state index contributed by atoms with van der Waals surface area (Å²) in [6.07, 6.45) is 3.90. The number of hydrogen-bond donors (Lipinski definition) is 2. The third-order valence-corrected chi connectivity index (χ3v) is 4.83. The lowest BCUT2D eigenvalue weighted by Crippen LogP contribution is -2.60. The highest BCUT2D eigenvalue weighted by atomic mass is 16.2. The minimum Gasteiger partial charge on any atom is -0.355 e. The fraction of sp³-hybridized carbons (Fsp3) is 0.381. The lowest BCUT2D eigenvalue weighted by molar-refractivity contribution is -0.128. The molecule has 24 heavy (non-hydrogen) atoms. The average Bonchev–Trinajstić information content (AvgIpc) is 2.64. The van der Waals surface area contributed by atoms with E-state index >= 15 is 0 Å². The highest BCUT2D eigenvalue weighted by Gasteiger charge is 2.38. The summed E-state index contributed by atoms with van der Waals surface area (Å²) in [4.78, 5) is 12.6. The lowest BCUT2D eigenvalue weighted by Gasteiger charge is -2.37. The zero-order chi connectivity index (χ0) is 16.8. The third kappa shape index (κ3) is 3.68. The molecule has 1 fully saturated rings. The van der Waals surface area contributed by atoms with Gasteiger partial charge in [0, 0.05) is 6.54 Å². The molecule has 3 nitrogen and oxygen atoms in total. The van der Waals surface area contributed by atoms with E-state index in [1.807, 2.05) is 13.0 Å². The maximum absolute atomic E-state index is 12.6. The number of piperidine rings is 1. The molecule has 1 heterocycles. The van der Waals surface area contributed by atoms with Gasteiger partial charge in [0.1, 0.15) is 5.54 Å². The van der Waals surface area contributed by atoms with Crippen LogP contribution in [0.3, 0.4) is 0 Å². The molecule has 1 saturated heterocycles. The van der Waals surface area contributed by atoms with Crippen LogP contribution in [0.5, 0.6) is 0 Å². The molecule has 126 valence electrons. The highest BCUT2D eigenvalue weighted by molar-refractivity contribution is 5.86. The molecule has 0 saturated carbocycles. The molecule has 2 N–H and O–H groups in total. The fourth-order valence-corrected chi connectivity index (χ4v) is 3.52. The maximum atomic E-state index is 12.6. The molecular weight excluding hydrogens is 296 g/mol. The van der Waals surface area contributed by atoms with Crippen molar-refractivity contribution in [1.29, 1.82) is 0 Å². The van der Waals surface area contributed by atoms with Gasteiger partial charge in [-0.1, -0.05) is 54.6 Å². The quantitative estimate of drug-likeness (QED) is 0.884. The average molecular weight is 322 g/mol. The molecule has 2 aromatic carbocycles. The van der Waals surface area contributed by atoms with Crippen LogP contribution in [0.25, 0.3) is 11.1 Å². The van der Waals surface area contributed by atoms with Crippen LogP contribution >= 0.6 is 0 Å².